The summed E-state index contributed by atoms with van der Waals surface area (Å²) in [7, 11) is 31.6. The molecule has 5 heterocycles. The first-order valence-electron chi connectivity index (χ1n) is 15.5. The number of hydrogen-bond acceptors (Lipinski definition) is 14. The molecule has 2 aliphatic heterocycles. The van der Waals surface area contributed by atoms with Crippen LogP contribution >= 0.6 is 0 Å². The largest absolute Gasteiger partial charge is 2.00 e. The quantitative estimate of drug-likeness (QED) is 0.310. The maximum absolute atomic E-state index is 5.13. The molecule has 0 N–H and O–H groups in total. The Hall–Kier alpha value is -4.76. The van der Waals surface area contributed by atoms with E-state index in [9.17, 15) is 0 Å². The van der Waals surface area contributed by atoms with Gasteiger partial charge in [0, 0.05) is 135 Å². The number of nitrogens with zero attached hydrogens (tertiary/aromatic N) is 16. The van der Waals surface area contributed by atoms with Gasteiger partial charge in [0.05, 0.1) is 45.5 Å². The monoisotopic (exact) mass is 719 g/mol. The van der Waals surface area contributed by atoms with Crippen LogP contribution in [0.2, 0.25) is 0 Å². The van der Waals surface area contributed by atoms with Crippen molar-refractivity contribution in [3.8, 4) is 0 Å². The van der Waals surface area contributed by atoms with Gasteiger partial charge in [-0.2, -0.15) is 0 Å². The van der Waals surface area contributed by atoms with Crippen LogP contribution in [0.5, 0.6) is 0 Å². The molecule has 0 amide bonds. The number of hydrogen-bond donors (Lipinski definition) is 0. The molecule has 16 nitrogen and oxygen atoms in total. The SMILES string of the molecule is CN(C)C1=C(N(C)C)c2nc1nc1[n-]c(nc3nc(nc4[n-]c(n2)c(N(C)C)c4N(C)C)C(N(C)C)=C3N(C)C)c(N(C)C)c1N(C)C.[Cu+2]. The first-order valence-corrected chi connectivity index (χ1v) is 15.5. The van der Waals surface area contributed by atoms with Crippen LogP contribution in [0.15, 0.2) is 0 Å². The van der Waals surface area contributed by atoms with E-state index < -0.39 is 0 Å². The van der Waals surface area contributed by atoms with Crippen molar-refractivity contribution in [3.05, 3.63) is 23.3 Å². The third-order valence-electron chi connectivity index (χ3n) is 7.86. The van der Waals surface area contributed by atoms with Gasteiger partial charge in [-0.3, -0.25) is 0 Å². The van der Waals surface area contributed by atoms with Gasteiger partial charge >= 0.3 is 17.1 Å². The van der Waals surface area contributed by atoms with Gasteiger partial charge in [0.25, 0.3) is 0 Å². The number of rotatable bonds is 8. The van der Waals surface area contributed by atoms with E-state index >= 15 is 0 Å². The molecule has 2 aliphatic rings. The number of aromatic nitrogens is 8. The van der Waals surface area contributed by atoms with Crippen molar-refractivity contribution < 1.29 is 17.1 Å². The Morgan fingerprint density at radius 1 is 0.286 bits per heavy atom. The maximum atomic E-state index is 5.13. The minimum Gasteiger partial charge on any atom is -0.375 e. The van der Waals surface area contributed by atoms with Crippen LogP contribution in [0, 0.1) is 0 Å². The molecule has 17 heteroatoms. The molecule has 0 unspecified atom stereocenters. The minimum atomic E-state index is 0. The van der Waals surface area contributed by atoms with Crippen molar-refractivity contribution in [1.29, 1.82) is 0 Å². The van der Waals surface area contributed by atoms with E-state index in [1.807, 2.05) is 152 Å². The van der Waals surface area contributed by atoms with Crippen LogP contribution in [0.25, 0.3) is 45.4 Å². The van der Waals surface area contributed by atoms with Crippen molar-refractivity contribution in [2.24, 2.45) is 0 Å². The predicted octanol–water partition coefficient (Wildman–Crippen LogP) is 1.31. The van der Waals surface area contributed by atoms with E-state index in [1.165, 1.54) is 0 Å². The van der Waals surface area contributed by atoms with Crippen molar-refractivity contribution >= 4 is 68.1 Å². The van der Waals surface area contributed by atoms with Gasteiger partial charge in [0.1, 0.15) is 23.3 Å². The average Bonchev–Trinajstić information content (AvgIpc) is 3.69. The zero-order chi connectivity index (χ0) is 35.5. The van der Waals surface area contributed by atoms with Crippen LogP contribution in [0.1, 0.15) is 23.3 Å². The molecule has 0 spiro atoms. The fourth-order valence-corrected chi connectivity index (χ4v) is 5.99. The number of anilines is 4. The maximum Gasteiger partial charge on any atom is 2.00 e. The van der Waals surface area contributed by atoms with Gasteiger partial charge < -0.3 is 69.1 Å². The molecule has 0 saturated heterocycles. The van der Waals surface area contributed by atoms with E-state index in [0.29, 0.717) is 45.9 Å². The molecule has 49 heavy (non-hydrogen) atoms. The summed E-state index contributed by atoms with van der Waals surface area (Å²) < 4.78 is 0. The Labute approximate surface area is 299 Å². The van der Waals surface area contributed by atoms with Crippen LogP contribution in [-0.2, 0) is 17.1 Å². The zero-order valence-corrected chi connectivity index (χ0v) is 32.4. The van der Waals surface area contributed by atoms with Gasteiger partial charge in [-0.15, -0.1) is 0 Å². The van der Waals surface area contributed by atoms with Gasteiger partial charge in [0.15, 0.2) is 0 Å². The second kappa shape index (κ2) is 13.6. The molecule has 3 aromatic rings. The van der Waals surface area contributed by atoms with Crippen molar-refractivity contribution in [2.45, 2.75) is 0 Å². The molecular formula is C32H48CuN16. The second-order valence-electron chi connectivity index (χ2n) is 13.4. The van der Waals surface area contributed by atoms with Gasteiger partial charge in [-0.25, -0.2) is 9.97 Å². The third kappa shape index (κ3) is 6.39. The van der Waals surface area contributed by atoms with Gasteiger partial charge in [0.2, 0.25) is 0 Å². The summed E-state index contributed by atoms with van der Waals surface area (Å²) in [5.74, 6) is 1.95. The molecule has 1 radical (unpaired) electrons. The van der Waals surface area contributed by atoms with Crippen molar-refractivity contribution in [2.75, 3.05) is 132 Å². The summed E-state index contributed by atoms with van der Waals surface area (Å²) in [6.45, 7) is 0. The molecule has 5 rings (SSSR count). The Kier molecular flexibility index (Phi) is 10.3. The Morgan fingerprint density at radius 2 is 0.469 bits per heavy atom. The first-order chi connectivity index (χ1) is 22.4. The smallest absolute Gasteiger partial charge is 0.375 e. The van der Waals surface area contributed by atoms with E-state index in [-0.39, 0.29) is 17.1 Å². The fourth-order valence-electron chi connectivity index (χ4n) is 5.99. The Morgan fingerprint density at radius 3 is 0.612 bits per heavy atom. The standard InChI is InChI=1S/C32H48N16.Cu/c1-41(2)17-18(42(3)4)26-33-25(17)37-27-19(43(5)6)20(44(7)8)29(34-27)39-31-23(47(13)14)24(48(15)16)32(36-31)40-30-22(46(11)12)21(45(9)10)28(35-30)38-26;/h1-16H3;/q-2;+2. The molecule has 0 aromatic carbocycles. The van der Waals surface area contributed by atoms with Crippen LogP contribution in [-0.4, -0.2) is 162 Å². The molecular weight excluding hydrogens is 672 g/mol. The van der Waals surface area contributed by atoms with Crippen LogP contribution < -0.4 is 29.6 Å². The van der Waals surface area contributed by atoms with Crippen LogP contribution in [0.4, 0.5) is 22.7 Å². The van der Waals surface area contributed by atoms with Crippen molar-refractivity contribution in [3.63, 3.8) is 0 Å². The molecule has 0 fully saturated rings. The summed E-state index contributed by atoms with van der Waals surface area (Å²) in [6, 6.07) is 0. The van der Waals surface area contributed by atoms with E-state index in [2.05, 4.69) is 0 Å². The summed E-state index contributed by atoms with van der Waals surface area (Å²) in [5, 5.41) is 0. The van der Waals surface area contributed by atoms with Gasteiger partial charge in [-0.1, -0.05) is 0 Å². The Bertz CT molecular complexity index is 1690. The van der Waals surface area contributed by atoms with Crippen LogP contribution in [0.3, 0.4) is 0 Å². The normalized spacial score (nSPS) is 12.6. The van der Waals surface area contributed by atoms with E-state index in [1.54, 1.807) is 0 Å². The Balaban J connectivity index is 0.00000541. The third-order valence-corrected chi connectivity index (χ3v) is 7.86. The summed E-state index contributed by atoms with van der Waals surface area (Å²) in [5.41, 5.74) is 8.42. The van der Waals surface area contributed by atoms with Gasteiger partial charge in [-0.05, 0) is 0 Å². The van der Waals surface area contributed by atoms with E-state index in [4.69, 9.17) is 39.9 Å². The molecule has 3 aromatic heterocycles. The molecule has 267 valence electrons. The summed E-state index contributed by atoms with van der Waals surface area (Å²) >= 11 is 0. The first kappa shape index (κ1) is 37.1. The molecule has 0 aliphatic carbocycles. The minimum absolute atomic E-state index is 0. The summed E-state index contributed by atoms with van der Waals surface area (Å²) in [6.07, 6.45) is 0. The summed E-state index contributed by atoms with van der Waals surface area (Å²) in [4.78, 5) is 56.7. The predicted molar refractivity (Wildman–Crippen MR) is 196 cm³/mol. The topological polar surface area (TPSA) is 131 Å². The fraction of sp³-hybridized carbons (Fsp3) is 0.500. The zero-order valence-electron chi connectivity index (χ0n) is 31.5. The molecule has 8 bridgehead atoms. The van der Waals surface area contributed by atoms with E-state index in [0.717, 1.165) is 45.5 Å². The average molecular weight is 720 g/mol. The number of fused-ring (bicyclic) bond motifs is 8. The second-order valence-corrected chi connectivity index (χ2v) is 13.4. The van der Waals surface area contributed by atoms with Crippen molar-refractivity contribution in [1.82, 2.24) is 59.5 Å². The molecule has 0 saturated carbocycles. The molecule has 0 atom stereocenters.